The molecule has 0 unspecified atom stereocenters. The maximum absolute atomic E-state index is 11.6. The zero-order valence-corrected chi connectivity index (χ0v) is 18.0. The number of rotatable bonds is 4. The molecule has 0 heterocycles. The van der Waals surface area contributed by atoms with E-state index in [0.717, 1.165) is 36.0 Å². The van der Waals surface area contributed by atoms with Crippen LogP contribution in [0.5, 0.6) is 0 Å². The van der Waals surface area contributed by atoms with Gasteiger partial charge in [0.15, 0.2) is 0 Å². The van der Waals surface area contributed by atoms with E-state index in [1.54, 1.807) is 0 Å². The van der Waals surface area contributed by atoms with E-state index in [9.17, 15) is 4.79 Å². The minimum atomic E-state index is -0.0515. The van der Waals surface area contributed by atoms with Crippen molar-refractivity contribution < 1.29 is 9.53 Å². The zero-order chi connectivity index (χ0) is 19.2. The summed E-state index contributed by atoms with van der Waals surface area (Å²) in [6.45, 7) is 7.55. The molecule has 3 saturated carbocycles. The Balaban J connectivity index is 1.54. The van der Waals surface area contributed by atoms with E-state index >= 15 is 0 Å². The van der Waals surface area contributed by atoms with E-state index < -0.39 is 0 Å². The standard InChI is InChI=1S/C25H40O2/c1-17(8-13-23(26)27-4)20-11-12-21-19-10-9-18-7-5-6-15-24(18,2)22(19)14-16-25(20,21)3/h14,16-22H,5-13,15H2,1-4H3/t17-,18+,19+,20-,21+,22+,24+,25-/m1/s1. The maximum Gasteiger partial charge on any atom is 0.305 e. The Morgan fingerprint density at radius 1 is 1.15 bits per heavy atom. The highest BCUT2D eigenvalue weighted by atomic mass is 16.5. The van der Waals surface area contributed by atoms with Gasteiger partial charge in [-0.2, -0.15) is 0 Å². The van der Waals surface area contributed by atoms with Crippen LogP contribution in [0.4, 0.5) is 0 Å². The van der Waals surface area contributed by atoms with E-state index in [-0.39, 0.29) is 5.97 Å². The van der Waals surface area contributed by atoms with Gasteiger partial charge in [-0.05, 0) is 91.3 Å². The summed E-state index contributed by atoms with van der Waals surface area (Å²) in [5, 5.41) is 0. The maximum atomic E-state index is 11.6. The van der Waals surface area contributed by atoms with Crippen molar-refractivity contribution in [2.75, 3.05) is 7.11 Å². The summed E-state index contributed by atoms with van der Waals surface area (Å²) >= 11 is 0. The number of ether oxygens (including phenoxy) is 1. The zero-order valence-electron chi connectivity index (χ0n) is 18.0. The molecule has 0 amide bonds. The molecule has 0 bridgehead atoms. The number of allylic oxidation sites excluding steroid dienone is 2. The van der Waals surface area contributed by atoms with Crippen molar-refractivity contribution in [1.29, 1.82) is 0 Å². The van der Waals surface area contributed by atoms with Crippen LogP contribution >= 0.6 is 0 Å². The molecule has 0 spiro atoms. The molecule has 0 aromatic heterocycles. The SMILES string of the molecule is COC(=O)CC[C@@H](C)[C@H]1CC[C@H]2[C@@H]3CC[C@@H]4CCCC[C@]4(C)[C@H]3C=C[C@]12C. The molecule has 152 valence electrons. The van der Waals surface area contributed by atoms with Crippen LogP contribution < -0.4 is 0 Å². The van der Waals surface area contributed by atoms with Gasteiger partial charge in [-0.15, -0.1) is 0 Å². The lowest BCUT2D eigenvalue weighted by Gasteiger charge is -2.58. The number of hydrogen-bond acceptors (Lipinski definition) is 2. The van der Waals surface area contributed by atoms with E-state index in [1.807, 2.05) is 0 Å². The average Bonchev–Trinajstić information content (AvgIpc) is 3.02. The summed E-state index contributed by atoms with van der Waals surface area (Å²) in [5.74, 6) is 4.82. The summed E-state index contributed by atoms with van der Waals surface area (Å²) in [4.78, 5) is 11.6. The van der Waals surface area contributed by atoms with Crippen molar-refractivity contribution in [2.45, 2.75) is 85.0 Å². The van der Waals surface area contributed by atoms with Gasteiger partial charge in [-0.3, -0.25) is 4.79 Å². The molecule has 8 atom stereocenters. The molecule has 0 radical (unpaired) electrons. The Hall–Kier alpha value is -0.790. The summed E-state index contributed by atoms with van der Waals surface area (Å²) in [6.07, 6.45) is 18.4. The monoisotopic (exact) mass is 372 g/mol. The number of hydrogen-bond donors (Lipinski definition) is 0. The predicted molar refractivity (Wildman–Crippen MR) is 110 cm³/mol. The van der Waals surface area contributed by atoms with E-state index in [1.165, 1.54) is 58.5 Å². The first kappa shape index (κ1) is 19.5. The second-order valence-electron chi connectivity index (χ2n) is 10.8. The lowest BCUT2D eigenvalue weighted by Crippen LogP contribution is -2.50. The molecule has 0 aromatic rings. The number of methoxy groups -OCH3 is 1. The molecule has 0 N–H and O–H groups in total. The van der Waals surface area contributed by atoms with Crippen LogP contribution in [0.1, 0.15) is 85.0 Å². The van der Waals surface area contributed by atoms with Crippen LogP contribution in [0, 0.1) is 46.3 Å². The Morgan fingerprint density at radius 3 is 2.74 bits per heavy atom. The molecule has 4 aliphatic carbocycles. The summed E-state index contributed by atoms with van der Waals surface area (Å²) in [5.41, 5.74) is 0.905. The molecule has 2 nitrogen and oxygen atoms in total. The van der Waals surface area contributed by atoms with Gasteiger partial charge in [0.05, 0.1) is 7.11 Å². The van der Waals surface area contributed by atoms with Crippen LogP contribution in [0.2, 0.25) is 0 Å². The Bertz CT molecular complexity index is 595. The Labute approximate surface area is 166 Å². The largest absolute Gasteiger partial charge is 0.469 e. The molecule has 2 heteroatoms. The molecule has 0 aliphatic heterocycles. The molecular weight excluding hydrogens is 332 g/mol. The van der Waals surface area contributed by atoms with Gasteiger partial charge in [0.25, 0.3) is 0 Å². The molecule has 0 aromatic carbocycles. The predicted octanol–water partition coefficient (Wildman–Crippen LogP) is 6.40. The normalized spacial score (nSPS) is 46.9. The third-order valence-corrected chi connectivity index (χ3v) is 9.81. The molecule has 27 heavy (non-hydrogen) atoms. The van der Waals surface area contributed by atoms with Crippen molar-refractivity contribution in [1.82, 2.24) is 0 Å². The Morgan fingerprint density at radius 2 is 1.96 bits per heavy atom. The summed E-state index contributed by atoms with van der Waals surface area (Å²) < 4.78 is 4.87. The van der Waals surface area contributed by atoms with Crippen LogP contribution in [-0.4, -0.2) is 13.1 Å². The van der Waals surface area contributed by atoms with Crippen molar-refractivity contribution >= 4 is 5.97 Å². The van der Waals surface area contributed by atoms with Gasteiger partial charge in [0, 0.05) is 6.42 Å². The second kappa shape index (κ2) is 7.23. The highest BCUT2D eigenvalue weighted by molar-refractivity contribution is 5.69. The van der Waals surface area contributed by atoms with Gasteiger partial charge in [-0.25, -0.2) is 0 Å². The quantitative estimate of drug-likeness (QED) is 0.421. The van der Waals surface area contributed by atoms with E-state index in [2.05, 4.69) is 32.9 Å². The van der Waals surface area contributed by atoms with Gasteiger partial charge < -0.3 is 4.74 Å². The van der Waals surface area contributed by atoms with Crippen LogP contribution in [0.25, 0.3) is 0 Å². The molecule has 4 rings (SSSR count). The highest BCUT2D eigenvalue weighted by Gasteiger charge is 2.58. The number of esters is 1. The van der Waals surface area contributed by atoms with Crippen molar-refractivity contribution in [3.63, 3.8) is 0 Å². The fourth-order valence-electron chi connectivity index (χ4n) is 8.26. The second-order valence-corrected chi connectivity index (χ2v) is 10.8. The summed E-state index contributed by atoms with van der Waals surface area (Å²) in [6, 6.07) is 0. The topological polar surface area (TPSA) is 26.3 Å². The van der Waals surface area contributed by atoms with Crippen LogP contribution in [0.15, 0.2) is 12.2 Å². The average molecular weight is 373 g/mol. The lowest BCUT2D eigenvalue weighted by atomic mass is 9.46. The minimum absolute atomic E-state index is 0.0515. The first-order valence-electron chi connectivity index (χ1n) is 11.7. The molecule has 0 saturated heterocycles. The first-order valence-corrected chi connectivity index (χ1v) is 11.7. The minimum Gasteiger partial charge on any atom is -0.469 e. The number of carbonyl (C=O) groups is 1. The number of fused-ring (bicyclic) bond motifs is 5. The van der Waals surface area contributed by atoms with Crippen molar-refractivity contribution in [2.24, 2.45) is 46.3 Å². The van der Waals surface area contributed by atoms with Gasteiger partial charge in [0.1, 0.15) is 0 Å². The lowest BCUT2D eigenvalue weighted by molar-refractivity contribution is -0.141. The van der Waals surface area contributed by atoms with Crippen LogP contribution in [-0.2, 0) is 9.53 Å². The smallest absolute Gasteiger partial charge is 0.305 e. The third-order valence-electron chi connectivity index (χ3n) is 9.81. The first-order chi connectivity index (χ1) is 12.9. The van der Waals surface area contributed by atoms with E-state index in [4.69, 9.17) is 4.74 Å². The summed E-state index contributed by atoms with van der Waals surface area (Å²) in [7, 11) is 1.51. The Kier molecular flexibility index (Phi) is 5.23. The molecule has 3 fully saturated rings. The van der Waals surface area contributed by atoms with Crippen LogP contribution in [0.3, 0.4) is 0 Å². The van der Waals surface area contributed by atoms with Gasteiger partial charge in [0.2, 0.25) is 0 Å². The van der Waals surface area contributed by atoms with E-state index in [0.29, 0.717) is 23.2 Å². The third kappa shape index (κ3) is 3.10. The van der Waals surface area contributed by atoms with Crippen molar-refractivity contribution in [3.05, 3.63) is 12.2 Å². The highest BCUT2D eigenvalue weighted by Crippen LogP contribution is 2.66. The molecule has 4 aliphatic rings. The van der Waals surface area contributed by atoms with Crippen molar-refractivity contribution in [3.8, 4) is 0 Å². The molecular formula is C25H40O2. The van der Waals surface area contributed by atoms with Gasteiger partial charge >= 0.3 is 5.97 Å². The van der Waals surface area contributed by atoms with Gasteiger partial charge in [-0.1, -0.05) is 45.8 Å². The fraction of sp³-hybridized carbons (Fsp3) is 0.880. The number of carbonyl (C=O) groups excluding carboxylic acids is 1. The fourth-order valence-corrected chi connectivity index (χ4v) is 8.26.